The van der Waals surface area contributed by atoms with Crippen LogP contribution >= 0.6 is 0 Å². The van der Waals surface area contributed by atoms with Crippen molar-refractivity contribution in [2.75, 3.05) is 20.2 Å². The fourth-order valence-corrected chi connectivity index (χ4v) is 2.24. The summed E-state index contributed by atoms with van der Waals surface area (Å²) in [7, 11) is 1.63. The molecule has 1 aliphatic rings. The second kappa shape index (κ2) is 4.33. The first-order valence-corrected chi connectivity index (χ1v) is 5.88. The van der Waals surface area contributed by atoms with Gasteiger partial charge in [0.25, 0.3) is 5.71 Å². The van der Waals surface area contributed by atoms with Crippen LogP contribution in [-0.2, 0) is 0 Å². The van der Waals surface area contributed by atoms with E-state index in [9.17, 15) is 0 Å². The van der Waals surface area contributed by atoms with Crippen molar-refractivity contribution in [3.8, 4) is 5.75 Å². The van der Waals surface area contributed by atoms with E-state index in [4.69, 9.17) is 9.15 Å². The van der Waals surface area contributed by atoms with Gasteiger partial charge in [-0.25, -0.2) is 9.97 Å². The van der Waals surface area contributed by atoms with Crippen LogP contribution in [0.1, 0.15) is 24.7 Å². The minimum Gasteiger partial charge on any atom is -0.494 e. The summed E-state index contributed by atoms with van der Waals surface area (Å²) < 4.78 is 11.0. The molecule has 0 radical (unpaired) electrons. The Morgan fingerprint density at radius 3 is 3.00 bits per heavy atom. The summed E-state index contributed by atoms with van der Waals surface area (Å²) >= 11 is 0. The van der Waals surface area contributed by atoms with Crippen LogP contribution in [0.5, 0.6) is 5.75 Å². The Kier molecular flexibility index (Phi) is 2.68. The predicted molar refractivity (Wildman–Crippen MR) is 63.2 cm³/mol. The zero-order valence-corrected chi connectivity index (χ0v) is 9.77. The minimum absolute atomic E-state index is 0.398. The largest absolute Gasteiger partial charge is 0.494 e. The Morgan fingerprint density at radius 2 is 2.24 bits per heavy atom. The first-order chi connectivity index (χ1) is 8.38. The summed E-state index contributed by atoms with van der Waals surface area (Å²) in [6.07, 6.45) is 3.81. The van der Waals surface area contributed by atoms with Gasteiger partial charge in [-0.2, -0.15) is 0 Å². The molecule has 1 fully saturated rings. The van der Waals surface area contributed by atoms with E-state index in [1.807, 2.05) is 0 Å². The van der Waals surface area contributed by atoms with Gasteiger partial charge in [-0.15, -0.1) is 0 Å². The standard InChI is InChI=1S/C12H15N3O2/c1-16-9-4-7-14-12-10(9)15-11(17-12)8-2-5-13-6-3-8/h4,7-8,13H,2-3,5-6H2,1H3. The highest BCUT2D eigenvalue weighted by Gasteiger charge is 2.22. The summed E-state index contributed by atoms with van der Waals surface area (Å²) in [6, 6.07) is 1.80. The van der Waals surface area contributed by atoms with Crippen LogP contribution in [0.2, 0.25) is 0 Å². The van der Waals surface area contributed by atoms with Gasteiger partial charge >= 0.3 is 0 Å². The van der Waals surface area contributed by atoms with E-state index in [1.165, 1.54) is 0 Å². The Labute approximate surface area is 99.2 Å². The summed E-state index contributed by atoms with van der Waals surface area (Å²) in [5.74, 6) is 1.91. The van der Waals surface area contributed by atoms with Gasteiger partial charge in [0.2, 0.25) is 5.89 Å². The average Bonchev–Trinajstić information content (AvgIpc) is 2.83. The molecule has 0 aliphatic carbocycles. The molecule has 3 rings (SSSR count). The molecule has 0 aromatic carbocycles. The molecule has 0 atom stereocenters. The summed E-state index contributed by atoms with van der Waals surface area (Å²) in [5.41, 5.74) is 1.29. The molecule has 5 heteroatoms. The summed E-state index contributed by atoms with van der Waals surface area (Å²) in [6.45, 7) is 2.04. The zero-order chi connectivity index (χ0) is 11.7. The van der Waals surface area contributed by atoms with Crippen LogP contribution in [0.15, 0.2) is 16.7 Å². The molecule has 0 unspecified atom stereocenters. The average molecular weight is 233 g/mol. The number of nitrogens with one attached hydrogen (secondary N) is 1. The molecule has 5 nitrogen and oxygen atoms in total. The molecule has 17 heavy (non-hydrogen) atoms. The first kappa shape index (κ1) is 10.5. The molecular weight excluding hydrogens is 218 g/mol. The second-order valence-electron chi connectivity index (χ2n) is 4.24. The third kappa shape index (κ3) is 1.86. The second-order valence-corrected chi connectivity index (χ2v) is 4.24. The molecular formula is C12H15N3O2. The van der Waals surface area contributed by atoms with Crippen LogP contribution in [0.3, 0.4) is 0 Å². The Hall–Kier alpha value is -1.62. The van der Waals surface area contributed by atoms with Gasteiger partial charge in [-0.1, -0.05) is 0 Å². The topological polar surface area (TPSA) is 60.2 Å². The van der Waals surface area contributed by atoms with E-state index in [-0.39, 0.29) is 0 Å². The highest BCUT2D eigenvalue weighted by atomic mass is 16.5. The van der Waals surface area contributed by atoms with Gasteiger partial charge in [0.1, 0.15) is 0 Å². The highest BCUT2D eigenvalue weighted by molar-refractivity contribution is 5.75. The summed E-state index contributed by atoms with van der Waals surface area (Å²) in [4.78, 5) is 8.71. The minimum atomic E-state index is 0.398. The molecule has 3 heterocycles. The Morgan fingerprint density at radius 1 is 1.41 bits per heavy atom. The van der Waals surface area contributed by atoms with Crippen molar-refractivity contribution in [1.82, 2.24) is 15.3 Å². The lowest BCUT2D eigenvalue weighted by Crippen LogP contribution is -2.26. The molecule has 2 aromatic rings. The monoisotopic (exact) mass is 233 g/mol. The molecule has 0 saturated carbocycles. The lowest BCUT2D eigenvalue weighted by atomic mass is 9.98. The van der Waals surface area contributed by atoms with E-state index in [0.717, 1.165) is 43.1 Å². The van der Waals surface area contributed by atoms with Crippen LogP contribution in [0, 0.1) is 0 Å². The quantitative estimate of drug-likeness (QED) is 0.855. The van der Waals surface area contributed by atoms with E-state index < -0.39 is 0 Å². The predicted octanol–water partition coefficient (Wildman–Crippen LogP) is 1.70. The van der Waals surface area contributed by atoms with Crippen LogP contribution in [0.25, 0.3) is 11.2 Å². The number of methoxy groups -OCH3 is 1. The number of pyridine rings is 1. The van der Waals surface area contributed by atoms with Crippen molar-refractivity contribution in [1.29, 1.82) is 0 Å². The highest BCUT2D eigenvalue weighted by Crippen LogP contribution is 2.30. The number of fused-ring (bicyclic) bond motifs is 1. The van der Waals surface area contributed by atoms with Gasteiger partial charge in [-0.05, 0) is 25.9 Å². The number of piperidine rings is 1. The molecule has 0 spiro atoms. The normalized spacial score (nSPS) is 17.5. The Bertz CT molecular complexity index is 517. The van der Waals surface area contributed by atoms with Gasteiger partial charge in [0.05, 0.1) is 7.11 Å². The number of rotatable bonds is 2. The molecule has 90 valence electrons. The lowest BCUT2D eigenvalue weighted by molar-refractivity contribution is 0.383. The summed E-state index contributed by atoms with van der Waals surface area (Å²) in [5, 5.41) is 3.33. The maximum absolute atomic E-state index is 5.72. The molecule has 1 saturated heterocycles. The molecule has 1 aliphatic heterocycles. The van der Waals surface area contributed by atoms with Crippen molar-refractivity contribution < 1.29 is 9.15 Å². The number of oxazole rings is 1. The first-order valence-electron chi connectivity index (χ1n) is 5.88. The van der Waals surface area contributed by atoms with Gasteiger partial charge in [0, 0.05) is 18.2 Å². The van der Waals surface area contributed by atoms with Gasteiger partial charge in [0.15, 0.2) is 11.3 Å². The van der Waals surface area contributed by atoms with Crippen LogP contribution < -0.4 is 10.1 Å². The van der Waals surface area contributed by atoms with Gasteiger partial charge < -0.3 is 14.5 Å². The van der Waals surface area contributed by atoms with Crippen LogP contribution in [-0.4, -0.2) is 30.2 Å². The number of ether oxygens (including phenoxy) is 1. The maximum atomic E-state index is 5.72. The SMILES string of the molecule is COc1ccnc2oc(C3CCNCC3)nc12. The van der Waals surface area contributed by atoms with E-state index >= 15 is 0 Å². The van der Waals surface area contributed by atoms with Crippen molar-refractivity contribution in [2.24, 2.45) is 0 Å². The number of hydrogen-bond acceptors (Lipinski definition) is 5. The lowest BCUT2D eigenvalue weighted by Gasteiger charge is -2.19. The van der Waals surface area contributed by atoms with Crippen molar-refractivity contribution >= 4 is 11.2 Å². The fourth-order valence-electron chi connectivity index (χ4n) is 2.24. The third-order valence-electron chi connectivity index (χ3n) is 3.19. The third-order valence-corrected chi connectivity index (χ3v) is 3.19. The molecule has 0 bridgehead atoms. The zero-order valence-electron chi connectivity index (χ0n) is 9.77. The molecule has 0 amide bonds. The van der Waals surface area contributed by atoms with Crippen molar-refractivity contribution in [3.05, 3.63) is 18.2 Å². The van der Waals surface area contributed by atoms with Crippen molar-refractivity contribution in [2.45, 2.75) is 18.8 Å². The fraction of sp³-hybridized carbons (Fsp3) is 0.500. The molecule has 1 N–H and O–H groups in total. The number of nitrogens with zero attached hydrogens (tertiary/aromatic N) is 2. The molecule has 2 aromatic heterocycles. The van der Waals surface area contributed by atoms with Crippen LogP contribution in [0.4, 0.5) is 0 Å². The van der Waals surface area contributed by atoms with E-state index in [2.05, 4.69) is 15.3 Å². The van der Waals surface area contributed by atoms with Gasteiger partial charge in [-0.3, -0.25) is 0 Å². The smallest absolute Gasteiger partial charge is 0.250 e. The number of aromatic nitrogens is 2. The van der Waals surface area contributed by atoms with E-state index in [1.54, 1.807) is 19.4 Å². The number of hydrogen-bond donors (Lipinski definition) is 1. The maximum Gasteiger partial charge on any atom is 0.250 e. The van der Waals surface area contributed by atoms with E-state index in [0.29, 0.717) is 11.6 Å². The van der Waals surface area contributed by atoms with Crippen molar-refractivity contribution in [3.63, 3.8) is 0 Å². The Balaban J connectivity index is 2.00.